The van der Waals surface area contributed by atoms with Crippen LogP contribution in [0.5, 0.6) is 5.75 Å². The lowest BCUT2D eigenvalue weighted by molar-refractivity contribution is 0.143. The summed E-state index contributed by atoms with van der Waals surface area (Å²) in [7, 11) is 0. The van der Waals surface area contributed by atoms with Gasteiger partial charge in [0.1, 0.15) is 0 Å². The normalized spacial score (nSPS) is 23.8. The Balaban J connectivity index is 1.63. The van der Waals surface area contributed by atoms with Crippen LogP contribution in [0.3, 0.4) is 0 Å². The molecule has 1 aromatic heterocycles. The minimum absolute atomic E-state index is 0.0382. The molecule has 0 bridgehead atoms. The molecule has 0 spiro atoms. The van der Waals surface area contributed by atoms with Gasteiger partial charge in [-0.1, -0.05) is 6.08 Å². The predicted octanol–water partition coefficient (Wildman–Crippen LogP) is 3.02. The molecule has 1 aromatic carbocycles. The first-order valence-corrected chi connectivity index (χ1v) is 9.91. The minimum Gasteiger partial charge on any atom is -0.449 e. The van der Waals surface area contributed by atoms with Gasteiger partial charge in [0, 0.05) is 31.1 Å². The molecule has 2 heterocycles. The first kappa shape index (κ1) is 18.2. The number of fused-ring (bicyclic) bond motifs is 2. The van der Waals surface area contributed by atoms with E-state index >= 15 is 4.39 Å². The smallest absolute Gasteiger partial charge is 0.449 e. The fourth-order valence-electron chi connectivity index (χ4n) is 4.65. The molecule has 2 atom stereocenters. The molecule has 2 aliphatic carbocycles. The van der Waals surface area contributed by atoms with Gasteiger partial charge in [-0.05, 0) is 43.4 Å². The Labute approximate surface area is 166 Å². The number of pyridine rings is 1. The van der Waals surface area contributed by atoms with Crippen molar-refractivity contribution in [2.75, 3.05) is 18.0 Å². The van der Waals surface area contributed by atoms with Gasteiger partial charge in [-0.3, -0.25) is 4.79 Å². The summed E-state index contributed by atoms with van der Waals surface area (Å²) in [6, 6.07) is 3.30. The molecule has 1 aliphatic heterocycles. The maximum atomic E-state index is 15.7. The van der Waals surface area contributed by atoms with Gasteiger partial charge in [-0.15, -0.1) is 0 Å². The molecule has 2 fully saturated rings. The molecule has 1 saturated heterocycles. The number of rotatable bonds is 3. The van der Waals surface area contributed by atoms with Crippen molar-refractivity contribution in [1.82, 2.24) is 4.57 Å². The molecule has 0 radical (unpaired) electrons. The molecule has 29 heavy (non-hydrogen) atoms. The van der Waals surface area contributed by atoms with Crippen LogP contribution in [-0.4, -0.2) is 35.0 Å². The van der Waals surface area contributed by atoms with Gasteiger partial charge in [0.15, 0.2) is 11.6 Å². The molecule has 152 valence electrons. The number of benzene rings is 1. The van der Waals surface area contributed by atoms with E-state index in [4.69, 9.17) is 10.8 Å². The molecule has 2 aromatic rings. The number of ether oxygens (including phenoxy) is 1. The number of hydrogen-bond donors (Lipinski definition) is 2. The molecule has 3 aliphatic rings. The number of allylic oxidation sites excluding steroid dienone is 1. The number of halogens is 1. The third kappa shape index (κ3) is 2.98. The number of nitrogens with two attached hydrogens (primary N) is 1. The van der Waals surface area contributed by atoms with Crippen LogP contribution in [0.25, 0.3) is 10.9 Å². The van der Waals surface area contributed by atoms with Crippen molar-refractivity contribution in [3.8, 4) is 5.75 Å². The number of carboxylic acid groups (broad SMARTS) is 1. The lowest BCUT2D eigenvalue weighted by Crippen LogP contribution is -2.34. The van der Waals surface area contributed by atoms with Crippen molar-refractivity contribution in [3.05, 3.63) is 46.0 Å². The van der Waals surface area contributed by atoms with Gasteiger partial charge < -0.3 is 25.0 Å². The third-order valence-corrected chi connectivity index (χ3v) is 6.25. The highest BCUT2D eigenvalue weighted by molar-refractivity contribution is 5.85. The summed E-state index contributed by atoms with van der Waals surface area (Å²) in [4.78, 5) is 25.6. The molecule has 5 rings (SSSR count). The van der Waals surface area contributed by atoms with Crippen molar-refractivity contribution in [3.63, 3.8) is 0 Å². The summed E-state index contributed by atoms with van der Waals surface area (Å²) in [5.74, 6) is -0.524. The fourth-order valence-corrected chi connectivity index (χ4v) is 4.65. The topological polar surface area (TPSA) is 97.8 Å². The van der Waals surface area contributed by atoms with E-state index in [0.29, 0.717) is 18.8 Å². The summed E-state index contributed by atoms with van der Waals surface area (Å²) in [5.41, 5.74) is 7.56. The van der Waals surface area contributed by atoms with Crippen LogP contribution >= 0.6 is 0 Å². The summed E-state index contributed by atoms with van der Waals surface area (Å²) in [6.45, 7) is 1.29. The maximum Gasteiger partial charge on any atom is 0.511 e. The second-order valence-corrected chi connectivity index (χ2v) is 8.13. The first-order chi connectivity index (χ1) is 13.9. The molecule has 3 N–H and O–H groups in total. The Hall–Kier alpha value is -2.87. The Morgan fingerprint density at radius 1 is 1.28 bits per heavy atom. The minimum atomic E-state index is -1.56. The molecule has 7 nitrogen and oxygen atoms in total. The van der Waals surface area contributed by atoms with Crippen LogP contribution in [-0.2, 0) is 0 Å². The predicted molar refractivity (Wildman–Crippen MR) is 106 cm³/mol. The Kier molecular flexibility index (Phi) is 4.13. The van der Waals surface area contributed by atoms with E-state index in [1.54, 1.807) is 16.7 Å². The van der Waals surface area contributed by atoms with Gasteiger partial charge in [0.2, 0.25) is 5.43 Å². The number of nitrogens with zero attached hydrogens (tertiary/aromatic N) is 2. The largest absolute Gasteiger partial charge is 0.511 e. The van der Waals surface area contributed by atoms with Gasteiger partial charge >= 0.3 is 6.16 Å². The zero-order valence-corrected chi connectivity index (χ0v) is 15.8. The Bertz CT molecular complexity index is 1110. The summed E-state index contributed by atoms with van der Waals surface area (Å²) >= 11 is 0. The Morgan fingerprint density at radius 3 is 2.76 bits per heavy atom. The van der Waals surface area contributed by atoms with E-state index in [0.717, 1.165) is 25.7 Å². The average Bonchev–Trinajstić information content (AvgIpc) is 3.43. The fraction of sp³-hybridized carbons (Fsp3) is 0.429. The van der Waals surface area contributed by atoms with Crippen LogP contribution in [0.2, 0.25) is 0 Å². The highest BCUT2D eigenvalue weighted by Gasteiger charge is 2.35. The van der Waals surface area contributed by atoms with E-state index in [1.165, 1.54) is 11.8 Å². The number of anilines is 1. The van der Waals surface area contributed by atoms with E-state index in [9.17, 15) is 9.59 Å². The second kappa shape index (κ2) is 6.59. The monoisotopic (exact) mass is 399 g/mol. The van der Waals surface area contributed by atoms with E-state index in [-0.39, 0.29) is 34.7 Å². The van der Waals surface area contributed by atoms with E-state index < -0.39 is 17.4 Å². The highest BCUT2D eigenvalue weighted by Crippen LogP contribution is 2.41. The highest BCUT2D eigenvalue weighted by atomic mass is 19.1. The molecular formula is C21H22FN3O4. The molecule has 1 saturated carbocycles. The van der Waals surface area contributed by atoms with Gasteiger partial charge in [0.05, 0.1) is 22.8 Å². The Morgan fingerprint density at radius 2 is 2.07 bits per heavy atom. The van der Waals surface area contributed by atoms with Crippen LogP contribution < -0.4 is 20.8 Å². The summed E-state index contributed by atoms with van der Waals surface area (Å²) in [5, 5.41) is 9.04. The van der Waals surface area contributed by atoms with Crippen molar-refractivity contribution >= 4 is 22.7 Å². The van der Waals surface area contributed by atoms with Crippen LogP contribution in [0.4, 0.5) is 14.9 Å². The number of hydrogen-bond acceptors (Lipinski definition) is 5. The van der Waals surface area contributed by atoms with Crippen LogP contribution in [0.1, 0.15) is 31.7 Å². The average molecular weight is 399 g/mol. The SMILES string of the molecule is NC1CCC=C2CN(c3ccc4c(=O)c(OC(=O)O)cn(C5CC5)c4c3F)CC21. The summed E-state index contributed by atoms with van der Waals surface area (Å²) < 4.78 is 22.0. The van der Waals surface area contributed by atoms with Crippen LogP contribution in [0.15, 0.2) is 34.8 Å². The van der Waals surface area contributed by atoms with Crippen molar-refractivity contribution < 1.29 is 19.0 Å². The maximum absolute atomic E-state index is 15.7. The molecular weight excluding hydrogens is 377 g/mol. The standard InChI is InChI=1S/C21H22FN3O4/c22-18-16(24-8-11-2-1-3-15(23)14(11)9-24)7-6-13-19(18)25(12-4-5-12)10-17(20(13)26)29-21(27)28/h2,6-7,10,12,14-15H,1,3-5,8-9,23H2,(H,27,28). The first-order valence-electron chi connectivity index (χ1n) is 9.91. The van der Waals surface area contributed by atoms with Crippen molar-refractivity contribution in [1.29, 1.82) is 0 Å². The van der Waals surface area contributed by atoms with Crippen molar-refractivity contribution in [2.45, 2.75) is 37.8 Å². The second-order valence-electron chi connectivity index (χ2n) is 8.13. The molecule has 0 amide bonds. The third-order valence-electron chi connectivity index (χ3n) is 6.25. The van der Waals surface area contributed by atoms with Crippen molar-refractivity contribution in [2.24, 2.45) is 11.7 Å². The lowest BCUT2D eigenvalue weighted by Gasteiger charge is -2.24. The summed E-state index contributed by atoms with van der Waals surface area (Å²) in [6.07, 6.45) is 5.56. The van der Waals surface area contributed by atoms with Gasteiger partial charge in [0.25, 0.3) is 0 Å². The van der Waals surface area contributed by atoms with Crippen LogP contribution in [0, 0.1) is 11.7 Å². The van der Waals surface area contributed by atoms with Gasteiger partial charge in [-0.2, -0.15) is 0 Å². The number of carbonyl (C=O) groups is 1. The zero-order valence-electron chi connectivity index (χ0n) is 15.8. The quantitative estimate of drug-likeness (QED) is 0.608. The van der Waals surface area contributed by atoms with E-state index in [2.05, 4.69) is 10.8 Å². The lowest BCUT2D eigenvalue weighted by atomic mass is 9.86. The van der Waals surface area contributed by atoms with E-state index in [1.807, 2.05) is 4.90 Å². The molecule has 2 unspecified atom stereocenters. The molecule has 8 heteroatoms. The number of aromatic nitrogens is 1. The van der Waals surface area contributed by atoms with Gasteiger partial charge in [-0.25, -0.2) is 9.18 Å². The zero-order chi connectivity index (χ0) is 20.3.